The summed E-state index contributed by atoms with van der Waals surface area (Å²) >= 11 is 0. The Morgan fingerprint density at radius 2 is 1.97 bits per heavy atom. The van der Waals surface area contributed by atoms with Crippen LogP contribution in [0.25, 0.3) is 16.6 Å². The van der Waals surface area contributed by atoms with Crippen LogP contribution in [0.2, 0.25) is 0 Å². The quantitative estimate of drug-likeness (QED) is 0.428. The first-order chi connectivity index (χ1) is 14.5. The summed E-state index contributed by atoms with van der Waals surface area (Å²) in [6, 6.07) is 7.77. The van der Waals surface area contributed by atoms with Crippen LogP contribution in [0.5, 0.6) is 0 Å². The number of hydrogen-bond donors (Lipinski definition) is 3. The van der Waals surface area contributed by atoms with Crippen molar-refractivity contribution < 1.29 is 0 Å². The maximum absolute atomic E-state index is 8.54. The Balaban J connectivity index is 1.64. The van der Waals surface area contributed by atoms with Crippen molar-refractivity contribution in [3.05, 3.63) is 54.0 Å². The molecule has 1 aliphatic rings. The molecule has 0 aliphatic carbocycles. The predicted octanol–water partition coefficient (Wildman–Crippen LogP) is 3.53. The van der Waals surface area contributed by atoms with Crippen molar-refractivity contribution in [2.75, 3.05) is 25.5 Å². The molecule has 0 aromatic carbocycles. The van der Waals surface area contributed by atoms with E-state index in [-0.39, 0.29) is 0 Å². The zero-order valence-electron chi connectivity index (χ0n) is 17.5. The number of likely N-dealkylation sites (tertiary alicyclic amines) is 1. The van der Waals surface area contributed by atoms with Gasteiger partial charge in [0.25, 0.3) is 0 Å². The number of fused-ring (bicyclic) bond motifs is 1. The average molecular weight is 403 g/mol. The van der Waals surface area contributed by atoms with Crippen LogP contribution in [-0.4, -0.2) is 51.0 Å². The Bertz CT molecular complexity index is 1100. The normalized spacial score (nSPS) is 14.0. The van der Waals surface area contributed by atoms with Gasteiger partial charge in [-0.15, -0.1) is 5.10 Å². The van der Waals surface area contributed by atoms with Crippen LogP contribution < -0.4 is 10.6 Å². The highest BCUT2D eigenvalue weighted by atomic mass is 15.2. The van der Waals surface area contributed by atoms with E-state index in [4.69, 9.17) is 10.4 Å². The molecule has 8 heteroatoms. The molecule has 0 saturated carbocycles. The van der Waals surface area contributed by atoms with Crippen molar-refractivity contribution >= 4 is 34.1 Å². The first-order valence-electron chi connectivity index (χ1n) is 10.1. The Kier molecular flexibility index (Phi) is 5.56. The van der Waals surface area contributed by atoms with Crippen molar-refractivity contribution in [2.45, 2.75) is 26.2 Å². The fourth-order valence-electron chi connectivity index (χ4n) is 3.26. The van der Waals surface area contributed by atoms with Crippen molar-refractivity contribution in [1.29, 1.82) is 5.41 Å². The lowest BCUT2D eigenvalue weighted by atomic mass is 10.0. The minimum absolute atomic E-state index is 0.372. The molecule has 3 aromatic heterocycles. The SMILES string of the molecule is CN/C=C(\C(=N)N1CCC1)c1cnc2ccc(Nc3cc(C(C)C)cnn3)nc2c1. The zero-order chi connectivity index (χ0) is 21.1. The zero-order valence-corrected chi connectivity index (χ0v) is 17.5. The second-order valence-corrected chi connectivity index (χ2v) is 7.65. The molecule has 30 heavy (non-hydrogen) atoms. The smallest absolute Gasteiger partial charge is 0.154 e. The number of aromatic nitrogens is 4. The Morgan fingerprint density at radius 1 is 1.13 bits per heavy atom. The highest BCUT2D eigenvalue weighted by molar-refractivity contribution is 6.21. The van der Waals surface area contributed by atoms with Gasteiger partial charge in [-0.1, -0.05) is 13.8 Å². The second kappa shape index (κ2) is 8.44. The van der Waals surface area contributed by atoms with E-state index in [1.165, 1.54) is 0 Å². The van der Waals surface area contributed by atoms with Crippen LogP contribution in [0.15, 0.2) is 42.9 Å². The summed E-state index contributed by atoms with van der Waals surface area (Å²) in [6.45, 7) is 6.08. The second-order valence-electron chi connectivity index (χ2n) is 7.65. The van der Waals surface area contributed by atoms with Gasteiger partial charge in [0, 0.05) is 43.7 Å². The largest absolute Gasteiger partial charge is 0.393 e. The maximum Gasteiger partial charge on any atom is 0.154 e. The molecule has 4 heterocycles. The van der Waals surface area contributed by atoms with Crippen LogP contribution in [0.3, 0.4) is 0 Å². The summed E-state index contributed by atoms with van der Waals surface area (Å²) in [5.41, 5.74) is 4.33. The minimum Gasteiger partial charge on any atom is -0.393 e. The summed E-state index contributed by atoms with van der Waals surface area (Å²) in [6.07, 6.45) is 6.55. The molecule has 0 spiro atoms. The van der Waals surface area contributed by atoms with E-state index in [0.717, 1.165) is 47.2 Å². The molecule has 3 N–H and O–H groups in total. The first-order valence-corrected chi connectivity index (χ1v) is 10.1. The van der Waals surface area contributed by atoms with E-state index in [0.29, 0.717) is 23.4 Å². The first kappa shape index (κ1) is 19.8. The Hall–Kier alpha value is -3.55. The van der Waals surface area contributed by atoms with E-state index in [1.54, 1.807) is 12.4 Å². The van der Waals surface area contributed by atoms with Crippen molar-refractivity contribution in [2.24, 2.45) is 0 Å². The van der Waals surface area contributed by atoms with Crippen molar-refractivity contribution in [3.8, 4) is 0 Å². The molecular formula is C22H26N8. The molecule has 0 radical (unpaired) electrons. The summed E-state index contributed by atoms with van der Waals surface area (Å²) < 4.78 is 0. The molecule has 0 unspecified atom stereocenters. The van der Waals surface area contributed by atoms with Crippen molar-refractivity contribution in [3.63, 3.8) is 0 Å². The topological polar surface area (TPSA) is 103 Å². The molecule has 4 rings (SSSR count). The lowest BCUT2D eigenvalue weighted by Gasteiger charge is -2.34. The highest BCUT2D eigenvalue weighted by Crippen LogP contribution is 2.24. The molecule has 1 aliphatic heterocycles. The molecule has 0 bridgehead atoms. The summed E-state index contributed by atoms with van der Waals surface area (Å²) in [5.74, 6) is 2.21. The van der Waals surface area contributed by atoms with E-state index in [2.05, 4.69) is 44.6 Å². The van der Waals surface area contributed by atoms with Crippen LogP contribution in [0.1, 0.15) is 37.3 Å². The fraction of sp³-hybridized carbons (Fsp3) is 0.318. The van der Waals surface area contributed by atoms with Crippen LogP contribution in [0, 0.1) is 5.41 Å². The lowest BCUT2D eigenvalue weighted by molar-refractivity contribution is 0.301. The van der Waals surface area contributed by atoms with Gasteiger partial charge in [-0.05, 0) is 42.2 Å². The van der Waals surface area contributed by atoms with Gasteiger partial charge in [-0.2, -0.15) is 5.10 Å². The van der Waals surface area contributed by atoms with Crippen LogP contribution >= 0.6 is 0 Å². The highest BCUT2D eigenvalue weighted by Gasteiger charge is 2.21. The summed E-state index contributed by atoms with van der Waals surface area (Å²) in [7, 11) is 1.84. The third kappa shape index (κ3) is 4.07. The lowest BCUT2D eigenvalue weighted by Crippen LogP contribution is -2.42. The number of pyridine rings is 2. The van der Waals surface area contributed by atoms with E-state index in [1.807, 2.05) is 37.5 Å². The molecule has 3 aromatic rings. The Labute approximate surface area is 176 Å². The molecule has 8 nitrogen and oxygen atoms in total. The Morgan fingerprint density at radius 3 is 2.67 bits per heavy atom. The molecule has 0 amide bonds. The number of hydrogen-bond acceptors (Lipinski definition) is 7. The van der Waals surface area contributed by atoms with Gasteiger partial charge in [0.1, 0.15) is 11.7 Å². The maximum atomic E-state index is 8.54. The molecule has 154 valence electrons. The number of anilines is 2. The summed E-state index contributed by atoms with van der Waals surface area (Å²) in [4.78, 5) is 11.3. The number of nitrogens with one attached hydrogen (secondary N) is 3. The van der Waals surface area contributed by atoms with Gasteiger partial charge in [0.2, 0.25) is 0 Å². The summed E-state index contributed by atoms with van der Waals surface area (Å²) in [5, 5.41) is 23.1. The molecular weight excluding hydrogens is 376 g/mol. The fourth-order valence-corrected chi connectivity index (χ4v) is 3.26. The third-order valence-electron chi connectivity index (χ3n) is 5.16. The minimum atomic E-state index is 0.372. The van der Waals surface area contributed by atoms with Gasteiger partial charge in [0.15, 0.2) is 5.82 Å². The van der Waals surface area contributed by atoms with Gasteiger partial charge < -0.3 is 15.5 Å². The third-order valence-corrected chi connectivity index (χ3v) is 5.16. The monoisotopic (exact) mass is 402 g/mol. The average Bonchev–Trinajstić information content (AvgIpc) is 2.70. The van der Waals surface area contributed by atoms with Gasteiger partial charge in [-0.3, -0.25) is 10.4 Å². The number of amidine groups is 1. The molecule has 0 atom stereocenters. The van der Waals surface area contributed by atoms with E-state index in [9.17, 15) is 0 Å². The van der Waals surface area contributed by atoms with Crippen LogP contribution in [0.4, 0.5) is 11.6 Å². The van der Waals surface area contributed by atoms with Gasteiger partial charge in [0.05, 0.1) is 17.2 Å². The van der Waals surface area contributed by atoms with Gasteiger partial charge >= 0.3 is 0 Å². The van der Waals surface area contributed by atoms with Crippen LogP contribution in [-0.2, 0) is 0 Å². The van der Waals surface area contributed by atoms with E-state index < -0.39 is 0 Å². The molecule has 1 saturated heterocycles. The van der Waals surface area contributed by atoms with E-state index >= 15 is 0 Å². The number of nitrogens with zero attached hydrogens (tertiary/aromatic N) is 5. The predicted molar refractivity (Wildman–Crippen MR) is 120 cm³/mol. The van der Waals surface area contributed by atoms with Crippen molar-refractivity contribution in [1.82, 2.24) is 30.4 Å². The van der Waals surface area contributed by atoms with Gasteiger partial charge in [-0.25, -0.2) is 4.98 Å². The molecule has 1 fully saturated rings. The number of rotatable bonds is 6. The standard InChI is InChI=1S/C22H26N8/c1-14(2)15-10-21(29-26-12-15)28-20-6-5-18-19(27-20)9-16(11-25-18)17(13-24-3)22(23)30-7-4-8-30/h5-6,9-14,23-24H,4,7-8H2,1-3H3,(H,27,28,29)/b17-13-,23-22?.